The summed E-state index contributed by atoms with van der Waals surface area (Å²) in [6, 6.07) is 10.7. The van der Waals surface area contributed by atoms with Gasteiger partial charge >= 0.3 is 0 Å². The second-order valence-corrected chi connectivity index (χ2v) is 5.68. The van der Waals surface area contributed by atoms with Crippen LogP contribution >= 0.6 is 0 Å². The molecule has 0 spiro atoms. The van der Waals surface area contributed by atoms with Crippen molar-refractivity contribution in [2.75, 3.05) is 19.6 Å². The van der Waals surface area contributed by atoms with Crippen LogP contribution in [-0.4, -0.2) is 46.3 Å². The third-order valence-electron chi connectivity index (χ3n) is 4.11. The van der Waals surface area contributed by atoms with Gasteiger partial charge in [-0.2, -0.15) is 5.10 Å². The third kappa shape index (κ3) is 4.93. The molecule has 0 radical (unpaired) electrons. The van der Waals surface area contributed by atoms with E-state index < -0.39 is 0 Å². The Bertz CT molecular complexity index is 604. The van der Waals surface area contributed by atoms with Gasteiger partial charge < -0.3 is 5.32 Å². The number of nitrogens with one attached hydrogen (secondary N) is 1. The molecule has 2 aromatic rings. The monoisotopic (exact) mass is 314 g/mol. The molecular formula is C18H26N4O. The summed E-state index contributed by atoms with van der Waals surface area (Å²) >= 11 is 0. The zero-order chi connectivity index (χ0) is 16.7. The Hall–Kier alpha value is -2.14. The van der Waals surface area contributed by atoms with Crippen LogP contribution < -0.4 is 5.32 Å². The molecule has 2 rings (SSSR count). The zero-order valence-electron chi connectivity index (χ0n) is 14.2. The minimum absolute atomic E-state index is 0.0664. The molecular weight excluding hydrogens is 288 g/mol. The minimum atomic E-state index is -0.0664. The van der Waals surface area contributed by atoms with E-state index in [1.54, 1.807) is 17.1 Å². The Morgan fingerprint density at radius 2 is 1.96 bits per heavy atom. The molecule has 1 heterocycles. The summed E-state index contributed by atoms with van der Waals surface area (Å²) in [6.07, 6.45) is 4.26. The summed E-state index contributed by atoms with van der Waals surface area (Å²) in [4.78, 5) is 14.6. The summed E-state index contributed by atoms with van der Waals surface area (Å²) in [6.45, 7) is 6.88. The van der Waals surface area contributed by atoms with Gasteiger partial charge in [-0.15, -0.1) is 0 Å². The van der Waals surface area contributed by atoms with Crippen molar-refractivity contribution in [1.82, 2.24) is 20.0 Å². The number of nitrogens with zero attached hydrogens (tertiary/aromatic N) is 3. The number of likely N-dealkylation sites (N-methyl/N-ethyl adjacent to an activating group) is 1. The van der Waals surface area contributed by atoms with E-state index in [-0.39, 0.29) is 11.9 Å². The molecule has 5 nitrogen and oxygen atoms in total. The molecule has 5 heteroatoms. The predicted molar refractivity (Wildman–Crippen MR) is 92.4 cm³/mol. The minimum Gasteiger partial charge on any atom is -0.350 e. The lowest BCUT2D eigenvalue weighted by molar-refractivity contribution is 0.0934. The van der Waals surface area contributed by atoms with E-state index in [4.69, 9.17) is 0 Å². The van der Waals surface area contributed by atoms with E-state index >= 15 is 0 Å². The van der Waals surface area contributed by atoms with Gasteiger partial charge in [0, 0.05) is 25.8 Å². The van der Waals surface area contributed by atoms with Crippen LogP contribution in [0.1, 0.15) is 29.8 Å². The standard InChI is InChI=1S/C18H26N4O/c1-4-22(5-2)17(11-15-9-7-6-8-10-15)13-19-18(23)16-12-20-21(3)14-16/h6-10,12,14,17H,4-5,11,13H2,1-3H3,(H,19,23). The van der Waals surface area contributed by atoms with E-state index in [0.29, 0.717) is 12.1 Å². The third-order valence-corrected chi connectivity index (χ3v) is 4.11. The van der Waals surface area contributed by atoms with Crippen LogP contribution in [0.2, 0.25) is 0 Å². The summed E-state index contributed by atoms with van der Waals surface area (Å²) < 4.78 is 1.64. The van der Waals surface area contributed by atoms with Gasteiger partial charge in [-0.25, -0.2) is 0 Å². The molecule has 1 unspecified atom stereocenters. The van der Waals surface area contributed by atoms with Crippen LogP contribution in [-0.2, 0) is 13.5 Å². The summed E-state index contributed by atoms with van der Waals surface area (Å²) in [5.41, 5.74) is 1.89. The van der Waals surface area contributed by atoms with Crippen LogP contribution in [0.5, 0.6) is 0 Å². The second-order valence-electron chi connectivity index (χ2n) is 5.68. The molecule has 23 heavy (non-hydrogen) atoms. The maximum Gasteiger partial charge on any atom is 0.254 e. The van der Waals surface area contributed by atoms with Crippen LogP contribution in [0.25, 0.3) is 0 Å². The number of aromatic nitrogens is 2. The number of rotatable bonds is 8. The number of hydrogen-bond acceptors (Lipinski definition) is 3. The second kappa shape index (κ2) is 8.48. The quantitative estimate of drug-likeness (QED) is 0.812. The zero-order valence-corrected chi connectivity index (χ0v) is 14.2. The maximum absolute atomic E-state index is 12.2. The Balaban J connectivity index is 2.01. The van der Waals surface area contributed by atoms with E-state index in [1.807, 2.05) is 13.1 Å². The van der Waals surface area contributed by atoms with Gasteiger partial charge in [0.25, 0.3) is 5.91 Å². The topological polar surface area (TPSA) is 50.2 Å². The molecule has 1 aromatic heterocycles. The van der Waals surface area contributed by atoms with Crippen molar-refractivity contribution in [3.63, 3.8) is 0 Å². The van der Waals surface area contributed by atoms with Gasteiger partial charge in [0.05, 0.1) is 11.8 Å². The fourth-order valence-electron chi connectivity index (χ4n) is 2.81. The van der Waals surface area contributed by atoms with Gasteiger partial charge in [-0.05, 0) is 25.1 Å². The van der Waals surface area contributed by atoms with Crippen molar-refractivity contribution in [1.29, 1.82) is 0 Å². The number of hydrogen-bond donors (Lipinski definition) is 1. The number of amides is 1. The van der Waals surface area contributed by atoms with Gasteiger partial charge in [-0.3, -0.25) is 14.4 Å². The van der Waals surface area contributed by atoms with Crippen LogP contribution in [0, 0.1) is 0 Å². The molecule has 1 amide bonds. The van der Waals surface area contributed by atoms with Gasteiger partial charge in [0.2, 0.25) is 0 Å². The van der Waals surface area contributed by atoms with E-state index in [9.17, 15) is 4.79 Å². The lowest BCUT2D eigenvalue weighted by atomic mass is 10.0. The molecule has 0 bridgehead atoms. The molecule has 124 valence electrons. The highest BCUT2D eigenvalue weighted by atomic mass is 16.1. The van der Waals surface area contributed by atoms with E-state index in [1.165, 1.54) is 5.56 Å². The lowest BCUT2D eigenvalue weighted by Gasteiger charge is -2.30. The predicted octanol–water partition coefficient (Wildman–Crippen LogP) is 2.10. The molecule has 0 aliphatic carbocycles. The van der Waals surface area contributed by atoms with E-state index in [2.05, 4.69) is 53.4 Å². The fraction of sp³-hybridized carbons (Fsp3) is 0.444. The summed E-state index contributed by atoms with van der Waals surface area (Å²) in [5, 5.41) is 7.09. The Kier molecular flexibility index (Phi) is 6.35. The average molecular weight is 314 g/mol. The first kappa shape index (κ1) is 17.2. The van der Waals surface area contributed by atoms with Gasteiger partial charge in [0.1, 0.15) is 0 Å². The fourth-order valence-corrected chi connectivity index (χ4v) is 2.81. The van der Waals surface area contributed by atoms with Crippen molar-refractivity contribution in [2.45, 2.75) is 26.3 Å². The highest BCUT2D eigenvalue weighted by molar-refractivity contribution is 5.93. The largest absolute Gasteiger partial charge is 0.350 e. The Labute approximate surface area is 138 Å². The highest BCUT2D eigenvalue weighted by Gasteiger charge is 2.18. The van der Waals surface area contributed by atoms with Crippen LogP contribution in [0.15, 0.2) is 42.7 Å². The average Bonchev–Trinajstić information content (AvgIpc) is 3.00. The van der Waals surface area contributed by atoms with Crippen molar-refractivity contribution in [2.24, 2.45) is 7.05 Å². The van der Waals surface area contributed by atoms with Crippen molar-refractivity contribution >= 4 is 5.91 Å². The SMILES string of the molecule is CCN(CC)C(CNC(=O)c1cnn(C)c1)Cc1ccccc1. The number of carbonyl (C=O) groups is 1. The first-order valence-corrected chi connectivity index (χ1v) is 8.18. The first-order chi connectivity index (χ1) is 11.1. The Morgan fingerprint density at radius 3 is 2.52 bits per heavy atom. The molecule has 0 saturated carbocycles. The molecule has 0 fully saturated rings. The maximum atomic E-state index is 12.2. The molecule has 0 aliphatic rings. The van der Waals surface area contributed by atoms with Crippen molar-refractivity contribution < 1.29 is 4.79 Å². The molecule has 0 aliphatic heterocycles. The van der Waals surface area contributed by atoms with Crippen molar-refractivity contribution in [3.8, 4) is 0 Å². The smallest absolute Gasteiger partial charge is 0.254 e. The summed E-state index contributed by atoms with van der Waals surface area (Å²) in [7, 11) is 1.81. The Morgan fingerprint density at radius 1 is 1.26 bits per heavy atom. The summed E-state index contributed by atoms with van der Waals surface area (Å²) in [5.74, 6) is -0.0664. The molecule has 1 aromatic carbocycles. The highest BCUT2D eigenvalue weighted by Crippen LogP contribution is 2.09. The molecule has 1 atom stereocenters. The molecule has 1 N–H and O–H groups in total. The number of benzene rings is 1. The molecule has 0 saturated heterocycles. The van der Waals surface area contributed by atoms with Gasteiger partial charge in [-0.1, -0.05) is 44.2 Å². The van der Waals surface area contributed by atoms with E-state index in [0.717, 1.165) is 19.5 Å². The first-order valence-electron chi connectivity index (χ1n) is 8.18. The lowest BCUT2D eigenvalue weighted by Crippen LogP contribution is -2.45. The number of aryl methyl sites for hydroxylation is 1. The van der Waals surface area contributed by atoms with Crippen LogP contribution in [0.4, 0.5) is 0 Å². The van der Waals surface area contributed by atoms with Crippen molar-refractivity contribution in [3.05, 3.63) is 53.9 Å². The van der Waals surface area contributed by atoms with Gasteiger partial charge in [0.15, 0.2) is 0 Å². The number of carbonyl (C=O) groups excluding carboxylic acids is 1. The van der Waals surface area contributed by atoms with Crippen LogP contribution in [0.3, 0.4) is 0 Å². The normalized spacial score (nSPS) is 12.3.